The summed E-state index contributed by atoms with van der Waals surface area (Å²) in [5, 5.41) is 11.1. The van der Waals surface area contributed by atoms with Crippen molar-refractivity contribution in [3.63, 3.8) is 0 Å². The van der Waals surface area contributed by atoms with Crippen LogP contribution in [0, 0.1) is 0 Å². The minimum Gasteiger partial charge on any atom is -0.351 e. The number of urea groups is 1. The molecule has 26 heavy (non-hydrogen) atoms. The van der Waals surface area contributed by atoms with Gasteiger partial charge in [0.25, 0.3) is 0 Å². The summed E-state index contributed by atoms with van der Waals surface area (Å²) >= 11 is 0. The third-order valence-corrected chi connectivity index (χ3v) is 4.52. The van der Waals surface area contributed by atoms with Gasteiger partial charge in [-0.15, -0.1) is 5.10 Å². The molecule has 0 bridgehead atoms. The summed E-state index contributed by atoms with van der Waals surface area (Å²) < 4.78 is 1.63. The highest BCUT2D eigenvalue weighted by atomic mass is 16.2. The van der Waals surface area contributed by atoms with E-state index < -0.39 is 0 Å². The maximum atomic E-state index is 12.4. The Morgan fingerprint density at radius 2 is 1.88 bits per heavy atom. The van der Waals surface area contributed by atoms with E-state index in [0.717, 1.165) is 11.4 Å². The Morgan fingerprint density at radius 1 is 1.12 bits per heavy atom. The summed E-state index contributed by atoms with van der Waals surface area (Å²) in [6.07, 6.45) is 1.53. The molecule has 1 aliphatic rings. The van der Waals surface area contributed by atoms with Crippen molar-refractivity contribution < 1.29 is 4.79 Å². The van der Waals surface area contributed by atoms with E-state index in [1.54, 1.807) is 11.7 Å². The van der Waals surface area contributed by atoms with Crippen LogP contribution in [-0.4, -0.2) is 62.1 Å². The van der Waals surface area contributed by atoms with E-state index in [4.69, 9.17) is 0 Å². The summed E-state index contributed by atoms with van der Waals surface area (Å²) in [4.78, 5) is 24.9. The largest absolute Gasteiger partial charge is 0.351 e. The van der Waals surface area contributed by atoms with Crippen LogP contribution in [0.15, 0.2) is 36.7 Å². The number of aromatic nitrogens is 5. The van der Waals surface area contributed by atoms with E-state index >= 15 is 0 Å². The fraction of sp³-hybridized carbons (Fsp3) is 0.353. The molecule has 4 rings (SSSR count). The quantitative estimate of drug-likeness (QED) is 0.749. The van der Waals surface area contributed by atoms with Gasteiger partial charge in [0, 0.05) is 39.8 Å². The second-order valence-corrected chi connectivity index (χ2v) is 6.20. The molecular formula is C17H20N8O. The first kappa shape index (κ1) is 16.2. The van der Waals surface area contributed by atoms with Crippen LogP contribution >= 0.6 is 0 Å². The van der Waals surface area contributed by atoms with Gasteiger partial charge >= 0.3 is 6.03 Å². The zero-order valence-electron chi connectivity index (χ0n) is 14.5. The molecule has 0 unspecified atom stereocenters. The molecule has 1 saturated heterocycles. The summed E-state index contributed by atoms with van der Waals surface area (Å²) in [6.45, 7) is 3.19. The molecule has 0 aliphatic carbocycles. The average Bonchev–Trinajstić information content (AvgIpc) is 3.08. The Kier molecular flexibility index (Phi) is 4.34. The maximum absolute atomic E-state index is 12.4. The van der Waals surface area contributed by atoms with Crippen molar-refractivity contribution in [3.8, 4) is 0 Å². The van der Waals surface area contributed by atoms with Crippen LogP contribution in [0.25, 0.3) is 11.2 Å². The molecule has 0 spiro atoms. The second-order valence-electron chi connectivity index (χ2n) is 6.20. The number of fused-ring (bicyclic) bond motifs is 1. The van der Waals surface area contributed by atoms with Crippen LogP contribution in [0.4, 0.5) is 10.6 Å². The van der Waals surface area contributed by atoms with Crippen LogP contribution in [0.2, 0.25) is 0 Å². The number of amides is 2. The topological polar surface area (TPSA) is 92.1 Å². The first-order valence-electron chi connectivity index (χ1n) is 8.54. The predicted octanol–water partition coefficient (Wildman–Crippen LogP) is 0.790. The number of hydrogen-bond acceptors (Lipinski definition) is 6. The normalized spacial score (nSPS) is 14.7. The summed E-state index contributed by atoms with van der Waals surface area (Å²) in [5.74, 6) is 0.771. The Bertz CT molecular complexity index is 902. The zero-order valence-corrected chi connectivity index (χ0v) is 14.5. The average molecular weight is 352 g/mol. The lowest BCUT2D eigenvalue weighted by Crippen LogP contribution is -2.52. The maximum Gasteiger partial charge on any atom is 0.317 e. The molecule has 3 aromatic rings. The van der Waals surface area contributed by atoms with Gasteiger partial charge in [0.15, 0.2) is 17.0 Å². The minimum absolute atomic E-state index is 0.0409. The number of carbonyl (C=O) groups excluding carboxylic acids is 1. The van der Waals surface area contributed by atoms with Crippen LogP contribution in [-0.2, 0) is 13.6 Å². The van der Waals surface area contributed by atoms with E-state index in [9.17, 15) is 4.79 Å². The molecule has 0 saturated carbocycles. The highest BCUT2D eigenvalue weighted by Crippen LogP contribution is 2.21. The standard InChI is InChI=1S/C17H20N8O/c1-23-15-14(21-22-23)16(20-12-19-15)24-7-9-25(10-8-24)17(26)18-11-13-5-3-2-4-6-13/h2-6,12H,7-11H2,1H3,(H,18,26). The lowest BCUT2D eigenvalue weighted by atomic mass is 10.2. The number of piperazine rings is 1. The minimum atomic E-state index is -0.0409. The van der Waals surface area contributed by atoms with E-state index in [0.29, 0.717) is 43.9 Å². The number of rotatable bonds is 3. The lowest BCUT2D eigenvalue weighted by Gasteiger charge is -2.35. The summed E-state index contributed by atoms with van der Waals surface area (Å²) in [6, 6.07) is 9.86. The van der Waals surface area contributed by atoms with Crippen LogP contribution in [0.5, 0.6) is 0 Å². The van der Waals surface area contributed by atoms with E-state index in [1.807, 2.05) is 35.2 Å². The monoisotopic (exact) mass is 352 g/mol. The number of aryl methyl sites for hydroxylation is 1. The Morgan fingerprint density at radius 3 is 2.65 bits per heavy atom. The van der Waals surface area contributed by atoms with Crippen molar-refractivity contribution >= 4 is 23.0 Å². The van der Waals surface area contributed by atoms with Crippen LogP contribution < -0.4 is 10.2 Å². The molecule has 2 aromatic heterocycles. The van der Waals surface area contributed by atoms with Gasteiger partial charge in [0.2, 0.25) is 0 Å². The number of nitrogens with one attached hydrogen (secondary N) is 1. The second kappa shape index (κ2) is 6.95. The predicted molar refractivity (Wildman–Crippen MR) is 96.6 cm³/mol. The molecule has 9 nitrogen and oxygen atoms in total. The highest BCUT2D eigenvalue weighted by molar-refractivity contribution is 5.82. The van der Waals surface area contributed by atoms with E-state index in [-0.39, 0.29) is 6.03 Å². The molecule has 0 atom stereocenters. The lowest BCUT2D eigenvalue weighted by molar-refractivity contribution is 0.194. The van der Waals surface area contributed by atoms with Crippen LogP contribution in [0.1, 0.15) is 5.56 Å². The number of benzene rings is 1. The number of hydrogen-bond donors (Lipinski definition) is 1. The third kappa shape index (κ3) is 3.15. The molecule has 9 heteroatoms. The van der Waals surface area contributed by atoms with Gasteiger partial charge in [-0.2, -0.15) is 0 Å². The van der Waals surface area contributed by atoms with Gasteiger partial charge in [-0.05, 0) is 5.56 Å². The van der Waals surface area contributed by atoms with Gasteiger partial charge in [-0.25, -0.2) is 19.4 Å². The number of carbonyl (C=O) groups is 1. The first-order chi connectivity index (χ1) is 12.7. The molecule has 1 aromatic carbocycles. The van der Waals surface area contributed by atoms with Gasteiger partial charge in [-0.3, -0.25) is 0 Å². The van der Waals surface area contributed by atoms with Crippen molar-refractivity contribution in [1.29, 1.82) is 0 Å². The number of anilines is 1. The van der Waals surface area contributed by atoms with Gasteiger partial charge < -0.3 is 15.1 Å². The first-order valence-corrected chi connectivity index (χ1v) is 8.54. The smallest absolute Gasteiger partial charge is 0.317 e. The zero-order chi connectivity index (χ0) is 17.9. The Balaban J connectivity index is 1.37. The molecule has 2 amide bonds. The summed E-state index contributed by atoms with van der Waals surface area (Å²) in [5.41, 5.74) is 2.49. The molecule has 134 valence electrons. The molecule has 3 heterocycles. The molecule has 1 aliphatic heterocycles. The molecular weight excluding hydrogens is 332 g/mol. The van der Waals surface area contributed by atoms with E-state index in [1.165, 1.54) is 6.33 Å². The molecule has 0 radical (unpaired) electrons. The van der Waals surface area contributed by atoms with E-state index in [2.05, 4.69) is 30.5 Å². The fourth-order valence-corrected chi connectivity index (χ4v) is 3.08. The highest BCUT2D eigenvalue weighted by Gasteiger charge is 2.24. The Hall–Kier alpha value is -3.23. The molecule has 1 fully saturated rings. The van der Waals surface area contributed by atoms with Crippen molar-refractivity contribution in [3.05, 3.63) is 42.2 Å². The molecule has 1 N–H and O–H groups in total. The Labute approximate surface area is 150 Å². The van der Waals surface area contributed by atoms with Crippen LogP contribution in [0.3, 0.4) is 0 Å². The van der Waals surface area contributed by atoms with Gasteiger partial charge in [0.1, 0.15) is 6.33 Å². The number of nitrogens with zero attached hydrogens (tertiary/aromatic N) is 7. The van der Waals surface area contributed by atoms with Crippen molar-refractivity contribution in [2.24, 2.45) is 7.05 Å². The summed E-state index contributed by atoms with van der Waals surface area (Å²) in [7, 11) is 1.81. The van der Waals surface area contributed by atoms with Crippen molar-refractivity contribution in [1.82, 2.24) is 35.2 Å². The third-order valence-electron chi connectivity index (χ3n) is 4.52. The van der Waals surface area contributed by atoms with Gasteiger partial charge in [0.05, 0.1) is 0 Å². The van der Waals surface area contributed by atoms with Crippen molar-refractivity contribution in [2.45, 2.75) is 6.54 Å². The fourth-order valence-electron chi connectivity index (χ4n) is 3.08. The van der Waals surface area contributed by atoms with Crippen molar-refractivity contribution in [2.75, 3.05) is 31.1 Å². The van der Waals surface area contributed by atoms with Gasteiger partial charge in [-0.1, -0.05) is 35.5 Å². The SMILES string of the molecule is Cn1nnc2c(N3CCN(C(=O)NCc4ccccc4)CC3)ncnc21.